The zero-order valence-electron chi connectivity index (χ0n) is 15.6. The van der Waals surface area contributed by atoms with E-state index < -0.39 is 5.60 Å². The van der Waals surface area contributed by atoms with Gasteiger partial charge in [-0.25, -0.2) is 4.98 Å². The summed E-state index contributed by atoms with van der Waals surface area (Å²) in [6.45, 7) is 3.46. The lowest BCUT2D eigenvalue weighted by Gasteiger charge is -2.29. The van der Waals surface area contributed by atoms with Gasteiger partial charge in [-0.05, 0) is 25.3 Å². The van der Waals surface area contributed by atoms with Gasteiger partial charge in [-0.2, -0.15) is 5.10 Å². The molecule has 1 fully saturated rings. The molecule has 1 atom stereocenters. The largest absolute Gasteiger partial charge is 0.386 e. The van der Waals surface area contributed by atoms with Crippen molar-refractivity contribution in [2.24, 2.45) is 7.05 Å². The Kier molecular flexibility index (Phi) is 5.22. The van der Waals surface area contributed by atoms with Gasteiger partial charge >= 0.3 is 0 Å². The quantitative estimate of drug-likeness (QED) is 0.811. The van der Waals surface area contributed by atoms with Gasteiger partial charge in [-0.3, -0.25) is 14.5 Å². The maximum absolute atomic E-state index is 12.5. The normalized spacial score (nSPS) is 19.8. The van der Waals surface area contributed by atoms with E-state index in [-0.39, 0.29) is 5.91 Å². The molecule has 1 saturated heterocycles. The van der Waals surface area contributed by atoms with Crippen LogP contribution in [0.2, 0.25) is 0 Å². The van der Waals surface area contributed by atoms with Gasteiger partial charge in [0.15, 0.2) is 0 Å². The highest BCUT2D eigenvalue weighted by Crippen LogP contribution is 2.26. The number of hydrogen-bond donors (Lipinski definition) is 1. The van der Waals surface area contributed by atoms with Crippen LogP contribution in [0.15, 0.2) is 24.8 Å². The molecular weight excluding hydrogens is 332 g/mol. The van der Waals surface area contributed by atoms with Gasteiger partial charge in [0.25, 0.3) is 0 Å². The van der Waals surface area contributed by atoms with E-state index in [0.717, 1.165) is 17.1 Å². The Hall–Kier alpha value is -2.48. The summed E-state index contributed by atoms with van der Waals surface area (Å²) in [5.74, 6) is 0.782. The number of aryl methyl sites for hydroxylation is 2. The van der Waals surface area contributed by atoms with Crippen LogP contribution in [0.5, 0.6) is 0 Å². The van der Waals surface area contributed by atoms with E-state index >= 15 is 0 Å². The predicted octanol–water partition coefficient (Wildman–Crippen LogP) is 0.551. The topological polar surface area (TPSA) is 87.4 Å². The van der Waals surface area contributed by atoms with E-state index in [1.54, 1.807) is 30.5 Å². The Bertz CT molecular complexity index is 762. The number of rotatable bonds is 6. The summed E-state index contributed by atoms with van der Waals surface area (Å²) in [4.78, 5) is 24.5. The van der Waals surface area contributed by atoms with Crippen LogP contribution < -0.4 is 4.90 Å². The number of anilines is 1. The van der Waals surface area contributed by atoms with E-state index in [4.69, 9.17) is 0 Å². The number of likely N-dealkylation sites (N-methyl/N-ethyl adjacent to an activating group) is 1. The number of β-amino-alcohol motifs (C(OH)–C–C–N with tert-alkyl or cyclic N) is 1. The van der Waals surface area contributed by atoms with E-state index in [2.05, 4.69) is 15.1 Å². The number of carbonyl (C=O) groups excluding carboxylic acids is 1. The smallest absolute Gasteiger partial charge is 0.222 e. The zero-order valence-corrected chi connectivity index (χ0v) is 15.6. The van der Waals surface area contributed by atoms with Gasteiger partial charge in [0.05, 0.1) is 18.9 Å². The van der Waals surface area contributed by atoms with Crippen LogP contribution >= 0.6 is 0 Å². The molecule has 8 heteroatoms. The van der Waals surface area contributed by atoms with Crippen molar-refractivity contribution in [3.05, 3.63) is 36.0 Å². The van der Waals surface area contributed by atoms with Crippen molar-refractivity contribution in [3.8, 4) is 0 Å². The lowest BCUT2D eigenvalue weighted by molar-refractivity contribution is -0.132. The molecule has 8 nitrogen and oxygen atoms in total. The van der Waals surface area contributed by atoms with Gasteiger partial charge in [0.2, 0.25) is 5.91 Å². The molecule has 3 rings (SSSR count). The van der Waals surface area contributed by atoms with Crippen LogP contribution in [0.3, 0.4) is 0 Å². The third kappa shape index (κ3) is 4.01. The van der Waals surface area contributed by atoms with Crippen LogP contribution in [0.4, 0.5) is 5.82 Å². The Morgan fingerprint density at radius 1 is 1.38 bits per heavy atom. The summed E-state index contributed by atoms with van der Waals surface area (Å²) >= 11 is 0. The van der Waals surface area contributed by atoms with Gasteiger partial charge in [-0.15, -0.1) is 0 Å². The van der Waals surface area contributed by atoms with Gasteiger partial charge < -0.3 is 14.9 Å². The Morgan fingerprint density at radius 3 is 2.85 bits per heavy atom. The molecule has 1 aliphatic rings. The highest BCUT2D eigenvalue weighted by atomic mass is 16.3. The number of amides is 1. The van der Waals surface area contributed by atoms with Crippen molar-refractivity contribution >= 4 is 11.7 Å². The molecule has 2 aromatic heterocycles. The number of aliphatic hydroxyl groups is 1. The molecule has 1 aliphatic heterocycles. The van der Waals surface area contributed by atoms with E-state index in [1.807, 2.05) is 29.7 Å². The first-order chi connectivity index (χ1) is 12.4. The van der Waals surface area contributed by atoms with E-state index in [9.17, 15) is 9.90 Å². The van der Waals surface area contributed by atoms with Crippen molar-refractivity contribution in [2.75, 3.05) is 31.6 Å². The first-order valence-electron chi connectivity index (χ1n) is 8.83. The van der Waals surface area contributed by atoms with Crippen LogP contribution in [-0.2, 0) is 18.3 Å². The molecular formula is C18H26N6O2. The second-order valence-electron chi connectivity index (χ2n) is 7.09. The van der Waals surface area contributed by atoms with Crippen LogP contribution in [0.25, 0.3) is 0 Å². The van der Waals surface area contributed by atoms with E-state index in [1.165, 1.54) is 0 Å². The lowest BCUT2D eigenvalue weighted by Crippen LogP contribution is -2.46. The number of aromatic nitrogens is 4. The third-order valence-electron chi connectivity index (χ3n) is 5.11. The lowest BCUT2D eigenvalue weighted by atomic mass is 10.0. The molecule has 140 valence electrons. The Balaban J connectivity index is 1.53. The minimum atomic E-state index is -0.924. The molecule has 1 amide bonds. The Morgan fingerprint density at radius 2 is 2.19 bits per heavy atom. The highest BCUT2D eigenvalue weighted by molar-refractivity contribution is 5.76. The second kappa shape index (κ2) is 7.41. The summed E-state index contributed by atoms with van der Waals surface area (Å²) in [6.07, 6.45) is 8.44. The fraction of sp³-hybridized carbons (Fsp3) is 0.556. The average Bonchev–Trinajstić information content (AvgIpc) is 3.17. The molecule has 1 N–H and O–H groups in total. The van der Waals surface area contributed by atoms with Gasteiger partial charge in [0, 0.05) is 51.7 Å². The highest BCUT2D eigenvalue weighted by Gasteiger charge is 2.38. The van der Waals surface area contributed by atoms with Crippen LogP contribution in [-0.4, -0.2) is 67.9 Å². The summed E-state index contributed by atoms with van der Waals surface area (Å²) in [5.41, 5.74) is 1.24. The third-order valence-corrected chi connectivity index (χ3v) is 5.11. The maximum atomic E-state index is 12.5. The second-order valence-corrected chi connectivity index (χ2v) is 7.09. The minimum Gasteiger partial charge on any atom is -0.386 e. The van der Waals surface area contributed by atoms with Crippen molar-refractivity contribution in [1.29, 1.82) is 0 Å². The first-order valence-corrected chi connectivity index (χ1v) is 8.83. The SMILES string of the molecule is Cc1c(CCC(=O)N(C)CC2(O)CCN(c3cnccn3)C2)cnn1C. The molecule has 0 saturated carbocycles. The summed E-state index contributed by atoms with van der Waals surface area (Å²) < 4.78 is 1.81. The number of nitrogens with zero attached hydrogens (tertiary/aromatic N) is 6. The molecule has 0 radical (unpaired) electrons. The molecule has 2 aromatic rings. The number of hydrogen-bond acceptors (Lipinski definition) is 6. The molecule has 26 heavy (non-hydrogen) atoms. The van der Waals surface area contributed by atoms with Crippen LogP contribution in [0, 0.1) is 6.92 Å². The molecule has 0 aromatic carbocycles. The molecule has 0 bridgehead atoms. The van der Waals surface area contributed by atoms with Crippen molar-refractivity contribution in [1.82, 2.24) is 24.6 Å². The Labute approximate surface area is 153 Å². The maximum Gasteiger partial charge on any atom is 0.222 e. The fourth-order valence-electron chi connectivity index (χ4n) is 3.39. The van der Waals surface area contributed by atoms with E-state index in [0.29, 0.717) is 38.9 Å². The van der Waals surface area contributed by atoms with Crippen molar-refractivity contribution in [3.63, 3.8) is 0 Å². The first kappa shape index (κ1) is 18.3. The standard InChI is InChI=1S/C18H26N6O2/c1-14-15(10-21-23(14)3)4-5-17(25)22(2)12-18(26)6-9-24(13-18)16-11-19-7-8-20-16/h7-8,10-11,26H,4-6,9,12-13H2,1-3H3. The molecule has 3 heterocycles. The summed E-state index contributed by atoms with van der Waals surface area (Å²) in [7, 11) is 3.65. The molecule has 0 aliphatic carbocycles. The number of carbonyl (C=O) groups is 1. The fourth-order valence-corrected chi connectivity index (χ4v) is 3.39. The van der Waals surface area contributed by atoms with Gasteiger partial charge in [0.1, 0.15) is 11.4 Å². The van der Waals surface area contributed by atoms with Crippen LogP contribution in [0.1, 0.15) is 24.1 Å². The minimum absolute atomic E-state index is 0.0274. The molecule has 0 spiro atoms. The monoisotopic (exact) mass is 358 g/mol. The van der Waals surface area contributed by atoms with Crippen molar-refractivity contribution < 1.29 is 9.90 Å². The van der Waals surface area contributed by atoms with Gasteiger partial charge in [-0.1, -0.05) is 0 Å². The average molecular weight is 358 g/mol. The zero-order chi connectivity index (χ0) is 18.7. The predicted molar refractivity (Wildman–Crippen MR) is 97.7 cm³/mol. The summed E-state index contributed by atoms with van der Waals surface area (Å²) in [5, 5.41) is 15.1. The van der Waals surface area contributed by atoms with Crippen molar-refractivity contribution in [2.45, 2.75) is 31.8 Å². The molecule has 1 unspecified atom stereocenters. The summed E-state index contributed by atoms with van der Waals surface area (Å²) in [6, 6.07) is 0.